The second-order valence-corrected chi connectivity index (χ2v) is 11.6. The fourth-order valence-corrected chi connectivity index (χ4v) is 6.19. The fraction of sp³-hybridized carbons (Fsp3) is 0.375. The van der Waals surface area contributed by atoms with Crippen molar-refractivity contribution in [1.82, 2.24) is 9.97 Å². The number of aromatic nitrogens is 2. The number of nitriles is 2. The molecule has 2 aliphatic rings. The minimum Gasteiger partial charge on any atom is -0.412 e. The maximum Gasteiger partial charge on any atom is 0.393 e. The number of halogens is 6. The molecule has 0 aliphatic carbocycles. The number of alkyl halides is 6. The highest BCUT2D eigenvalue weighted by Gasteiger charge is 2.45. The van der Waals surface area contributed by atoms with Gasteiger partial charge in [-0.25, -0.2) is 0 Å². The van der Waals surface area contributed by atoms with Gasteiger partial charge in [0.2, 0.25) is 0 Å². The zero-order valence-corrected chi connectivity index (χ0v) is 24.9. The Labute approximate surface area is 266 Å². The van der Waals surface area contributed by atoms with Crippen molar-refractivity contribution < 1.29 is 31.8 Å². The summed E-state index contributed by atoms with van der Waals surface area (Å²) in [5.74, 6) is -2.90. The molecular formula is C32H32F6N8O. The molecular weight excluding hydrogens is 626 g/mol. The van der Waals surface area contributed by atoms with Crippen molar-refractivity contribution in [3.8, 4) is 12.1 Å². The van der Waals surface area contributed by atoms with Gasteiger partial charge in [-0.2, -0.15) is 36.9 Å². The Morgan fingerprint density at radius 1 is 0.638 bits per heavy atom. The van der Waals surface area contributed by atoms with Crippen molar-refractivity contribution in [3.63, 3.8) is 0 Å². The van der Waals surface area contributed by atoms with Crippen molar-refractivity contribution in [2.24, 2.45) is 23.3 Å². The quantitative estimate of drug-likeness (QED) is 0.290. The summed E-state index contributed by atoms with van der Waals surface area (Å²) < 4.78 is 78.6. The molecule has 9 nitrogen and oxygen atoms in total. The van der Waals surface area contributed by atoms with Crippen LogP contribution in [-0.2, 0) is 0 Å². The molecule has 4 aromatic rings. The van der Waals surface area contributed by atoms with Gasteiger partial charge >= 0.3 is 12.4 Å². The van der Waals surface area contributed by atoms with E-state index in [-0.39, 0.29) is 31.4 Å². The molecule has 2 fully saturated rings. The smallest absolute Gasteiger partial charge is 0.393 e. The van der Waals surface area contributed by atoms with E-state index >= 15 is 0 Å². The molecule has 0 saturated carbocycles. The lowest BCUT2D eigenvalue weighted by Crippen LogP contribution is -2.51. The summed E-state index contributed by atoms with van der Waals surface area (Å²) in [5.41, 5.74) is 14.7. The van der Waals surface area contributed by atoms with Gasteiger partial charge in [-0.3, -0.25) is 9.97 Å². The highest BCUT2D eigenvalue weighted by atomic mass is 19.4. The molecule has 0 radical (unpaired) electrons. The van der Waals surface area contributed by atoms with Gasteiger partial charge in [-0.05, 0) is 61.4 Å². The van der Waals surface area contributed by atoms with Crippen LogP contribution in [0.4, 0.5) is 37.7 Å². The van der Waals surface area contributed by atoms with Crippen molar-refractivity contribution in [2.45, 2.75) is 37.3 Å². The number of benzene rings is 2. The third kappa shape index (κ3) is 7.65. The van der Waals surface area contributed by atoms with E-state index in [0.29, 0.717) is 57.4 Å². The SMILES string of the molecule is N#Cc1ccc(N2C[C@H](N)C[C@H](C(F)(F)F)C2)c2cccnc12.N#Cc1ccc(N2C[C@H](N)C[C@H](C(F)(F)F)C2)c2cccnc12.O. The summed E-state index contributed by atoms with van der Waals surface area (Å²) in [6.07, 6.45) is -5.53. The van der Waals surface area contributed by atoms with Crippen LogP contribution in [0.2, 0.25) is 0 Å². The van der Waals surface area contributed by atoms with Crippen molar-refractivity contribution in [3.05, 3.63) is 72.1 Å². The molecule has 2 saturated heterocycles. The van der Waals surface area contributed by atoms with Gasteiger partial charge in [0.05, 0.1) is 34.0 Å². The molecule has 248 valence electrons. The van der Waals surface area contributed by atoms with Crippen molar-refractivity contribution in [1.29, 1.82) is 10.5 Å². The number of rotatable bonds is 2. The summed E-state index contributed by atoms with van der Waals surface area (Å²) in [5, 5.41) is 19.6. The monoisotopic (exact) mass is 658 g/mol. The molecule has 0 bridgehead atoms. The summed E-state index contributed by atoms with van der Waals surface area (Å²) in [4.78, 5) is 11.7. The number of nitrogens with two attached hydrogens (primary N) is 2. The normalized spacial score (nSPS) is 21.7. The minimum absolute atomic E-state index is 0. The van der Waals surface area contributed by atoms with Crippen LogP contribution >= 0.6 is 0 Å². The van der Waals surface area contributed by atoms with E-state index in [4.69, 9.17) is 22.0 Å². The first-order valence-corrected chi connectivity index (χ1v) is 14.5. The van der Waals surface area contributed by atoms with Crippen LogP contribution in [-0.4, -0.2) is 66.1 Å². The topological polar surface area (TPSA) is 163 Å². The predicted molar refractivity (Wildman–Crippen MR) is 165 cm³/mol. The van der Waals surface area contributed by atoms with E-state index in [9.17, 15) is 26.3 Å². The Morgan fingerprint density at radius 3 is 1.36 bits per heavy atom. The van der Waals surface area contributed by atoms with Crippen LogP contribution in [0.15, 0.2) is 60.9 Å². The van der Waals surface area contributed by atoms with Crippen molar-refractivity contribution >= 4 is 33.2 Å². The molecule has 6 rings (SSSR count). The van der Waals surface area contributed by atoms with Gasteiger partial charge in [0.25, 0.3) is 0 Å². The molecule has 6 N–H and O–H groups in total. The Bertz CT molecular complexity index is 1670. The fourth-order valence-electron chi connectivity index (χ4n) is 6.19. The lowest BCUT2D eigenvalue weighted by molar-refractivity contribution is -0.177. The molecule has 0 spiro atoms. The van der Waals surface area contributed by atoms with Crippen LogP contribution in [0.5, 0.6) is 0 Å². The molecule has 2 aromatic carbocycles. The Morgan fingerprint density at radius 2 is 1.02 bits per heavy atom. The highest BCUT2D eigenvalue weighted by Crippen LogP contribution is 2.38. The van der Waals surface area contributed by atoms with E-state index in [1.807, 2.05) is 0 Å². The second kappa shape index (κ2) is 14.0. The van der Waals surface area contributed by atoms with Gasteiger partial charge in [-0.1, -0.05) is 0 Å². The third-order valence-corrected chi connectivity index (χ3v) is 8.31. The predicted octanol–water partition coefficient (Wildman–Crippen LogP) is 4.82. The summed E-state index contributed by atoms with van der Waals surface area (Å²) in [7, 11) is 0. The first-order chi connectivity index (χ1) is 21.8. The maximum absolute atomic E-state index is 13.1. The lowest BCUT2D eigenvalue weighted by atomic mass is 9.93. The zero-order valence-electron chi connectivity index (χ0n) is 24.9. The minimum atomic E-state index is -4.27. The summed E-state index contributed by atoms with van der Waals surface area (Å²) >= 11 is 0. The van der Waals surface area contributed by atoms with Gasteiger partial charge in [0.15, 0.2) is 0 Å². The van der Waals surface area contributed by atoms with Crippen LogP contribution in [0.25, 0.3) is 21.8 Å². The zero-order chi connectivity index (χ0) is 33.2. The Kier molecular flexibility index (Phi) is 10.4. The second-order valence-electron chi connectivity index (χ2n) is 11.6. The average molecular weight is 659 g/mol. The van der Waals surface area contributed by atoms with Crippen LogP contribution in [0.1, 0.15) is 24.0 Å². The Hall–Kier alpha value is -4.70. The van der Waals surface area contributed by atoms with E-state index in [1.54, 1.807) is 70.7 Å². The Balaban J connectivity index is 0.000000208. The summed E-state index contributed by atoms with van der Waals surface area (Å²) in [6, 6.07) is 16.5. The van der Waals surface area contributed by atoms with E-state index in [1.165, 1.54) is 0 Å². The third-order valence-electron chi connectivity index (χ3n) is 8.31. The van der Waals surface area contributed by atoms with Crippen LogP contribution in [0.3, 0.4) is 0 Å². The van der Waals surface area contributed by atoms with Crippen LogP contribution in [0, 0.1) is 34.5 Å². The molecule has 2 aliphatic heterocycles. The molecule has 0 amide bonds. The number of hydrogen-bond donors (Lipinski definition) is 2. The highest BCUT2D eigenvalue weighted by molar-refractivity contribution is 5.96. The molecule has 15 heteroatoms. The number of piperidine rings is 2. The number of nitrogens with zero attached hydrogens (tertiary/aromatic N) is 6. The number of pyridine rings is 2. The average Bonchev–Trinajstić information content (AvgIpc) is 3.02. The molecule has 2 aromatic heterocycles. The molecule has 4 heterocycles. The van der Waals surface area contributed by atoms with Crippen LogP contribution < -0.4 is 21.3 Å². The van der Waals surface area contributed by atoms with Gasteiger partial charge in [-0.15, -0.1) is 0 Å². The van der Waals surface area contributed by atoms with Gasteiger partial charge in [0, 0.05) is 72.8 Å². The van der Waals surface area contributed by atoms with Gasteiger partial charge in [0.1, 0.15) is 12.1 Å². The van der Waals surface area contributed by atoms with E-state index in [0.717, 1.165) is 0 Å². The molecule has 0 unspecified atom stereocenters. The first kappa shape index (κ1) is 35.2. The number of anilines is 2. The lowest BCUT2D eigenvalue weighted by Gasteiger charge is -2.38. The molecule has 47 heavy (non-hydrogen) atoms. The van der Waals surface area contributed by atoms with E-state index in [2.05, 4.69) is 22.1 Å². The standard InChI is InChI=1S/2C16H15F3N4.H2O/c2*17-16(18,19)11-6-12(21)9-23(8-11)14-4-3-10(7-20)15-13(14)2-1-5-22-15;/h2*1-5,11-12H,6,8-9,21H2;1H2/t2*11-,12+;/m00./s1. The van der Waals surface area contributed by atoms with Crippen molar-refractivity contribution in [2.75, 3.05) is 36.0 Å². The summed E-state index contributed by atoms with van der Waals surface area (Å²) in [6.45, 7) is 0.436. The largest absolute Gasteiger partial charge is 0.412 e. The number of fused-ring (bicyclic) bond motifs is 2. The number of hydrogen-bond acceptors (Lipinski definition) is 8. The van der Waals surface area contributed by atoms with Gasteiger partial charge < -0.3 is 26.7 Å². The van der Waals surface area contributed by atoms with E-state index < -0.39 is 36.3 Å². The maximum atomic E-state index is 13.1. The first-order valence-electron chi connectivity index (χ1n) is 14.5. The molecule has 4 atom stereocenters.